The van der Waals surface area contributed by atoms with Gasteiger partial charge in [-0.3, -0.25) is 9.52 Å². The SMILES string of the molecule is CS(=O)(=O)Nc1cccc2[nH]c(C(=O)N3CCC(Cc4ccccc4)CC3)cc12. The number of fused-ring (bicyclic) bond motifs is 1. The summed E-state index contributed by atoms with van der Waals surface area (Å²) in [7, 11) is -3.39. The van der Waals surface area contributed by atoms with Crippen LogP contribution in [0.15, 0.2) is 54.6 Å². The first-order chi connectivity index (χ1) is 13.9. The van der Waals surface area contributed by atoms with Crippen LogP contribution >= 0.6 is 0 Å². The Morgan fingerprint density at radius 3 is 2.52 bits per heavy atom. The van der Waals surface area contributed by atoms with Crippen LogP contribution in [-0.2, 0) is 16.4 Å². The minimum Gasteiger partial charge on any atom is -0.350 e. The lowest BCUT2D eigenvalue weighted by atomic mass is 9.90. The molecule has 152 valence electrons. The van der Waals surface area contributed by atoms with Gasteiger partial charge in [0.25, 0.3) is 5.91 Å². The van der Waals surface area contributed by atoms with Crippen molar-refractivity contribution >= 4 is 32.5 Å². The summed E-state index contributed by atoms with van der Waals surface area (Å²) in [4.78, 5) is 18.0. The van der Waals surface area contributed by atoms with Gasteiger partial charge in [-0.2, -0.15) is 0 Å². The number of anilines is 1. The van der Waals surface area contributed by atoms with Crippen LogP contribution in [0.4, 0.5) is 5.69 Å². The highest BCUT2D eigenvalue weighted by molar-refractivity contribution is 7.92. The van der Waals surface area contributed by atoms with Gasteiger partial charge in [0.15, 0.2) is 0 Å². The second kappa shape index (κ2) is 7.91. The lowest BCUT2D eigenvalue weighted by Gasteiger charge is -2.31. The zero-order valence-electron chi connectivity index (χ0n) is 16.4. The molecule has 0 radical (unpaired) electrons. The molecule has 0 saturated carbocycles. The summed E-state index contributed by atoms with van der Waals surface area (Å²) < 4.78 is 25.7. The molecular weight excluding hydrogens is 386 g/mol. The highest BCUT2D eigenvalue weighted by Gasteiger charge is 2.25. The standard InChI is InChI=1S/C22H25N3O3S/c1-29(27,28)24-20-9-5-8-19-18(20)15-21(23-19)22(26)25-12-10-17(11-13-25)14-16-6-3-2-4-7-16/h2-9,15,17,23-24H,10-14H2,1H3. The summed E-state index contributed by atoms with van der Waals surface area (Å²) >= 11 is 0. The van der Waals surface area contributed by atoms with Crippen molar-refractivity contribution in [3.8, 4) is 0 Å². The van der Waals surface area contributed by atoms with Crippen LogP contribution in [-0.4, -0.2) is 43.6 Å². The molecule has 3 aromatic rings. The second-order valence-electron chi connectivity index (χ2n) is 7.75. The summed E-state index contributed by atoms with van der Waals surface area (Å²) in [5, 5.41) is 0.695. The molecule has 2 aromatic carbocycles. The second-order valence-corrected chi connectivity index (χ2v) is 9.50. The molecule has 0 aliphatic carbocycles. The first-order valence-corrected chi connectivity index (χ1v) is 11.7. The maximum Gasteiger partial charge on any atom is 0.270 e. The molecular formula is C22H25N3O3S. The fourth-order valence-electron chi connectivity index (χ4n) is 4.02. The number of likely N-dealkylation sites (tertiary alicyclic amines) is 1. The number of sulfonamides is 1. The van der Waals surface area contributed by atoms with E-state index in [0.717, 1.165) is 44.1 Å². The molecule has 0 atom stereocenters. The van der Waals surface area contributed by atoms with E-state index in [4.69, 9.17) is 0 Å². The number of H-pyrrole nitrogens is 1. The van der Waals surface area contributed by atoms with E-state index in [1.54, 1.807) is 18.2 Å². The normalized spacial score (nSPS) is 15.6. The number of nitrogens with zero attached hydrogens (tertiary/aromatic N) is 1. The summed E-state index contributed by atoms with van der Waals surface area (Å²) in [5.41, 5.74) is 3.05. The van der Waals surface area contributed by atoms with Gasteiger partial charge in [-0.15, -0.1) is 0 Å². The van der Waals surface area contributed by atoms with Crippen LogP contribution in [0.5, 0.6) is 0 Å². The molecule has 4 rings (SSSR count). The highest BCUT2D eigenvalue weighted by atomic mass is 32.2. The lowest BCUT2D eigenvalue weighted by molar-refractivity contribution is 0.0685. The number of benzene rings is 2. The molecule has 1 aromatic heterocycles. The third-order valence-electron chi connectivity index (χ3n) is 5.46. The minimum atomic E-state index is -3.39. The number of nitrogens with one attached hydrogen (secondary N) is 2. The number of carbonyl (C=O) groups is 1. The fourth-order valence-corrected chi connectivity index (χ4v) is 4.59. The highest BCUT2D eigenvalue weighted by Crippen LogP contribution is 2.27. The van der Waals surface area contributed by atoms with Gasteiger partial charge in [-0.25, -0.2) is 8.42 Å². The fraction of sp³-hybridized carbons (Fsp3) is 0.318. The Bertz CT molecular complexity index is 1110. The third-order valence-corrected chi connectivity index (χ3v) is 6.05. The Kier molecular flexibility index (Phi) is 5.32. The van der Waals surface area contributed by atoms with E-state index in [-0.39, 0.29) is 5.91 Å². The van der Waals surface area contributed by atoms with Crippen molar-refractivity contribution in [1.82, 2.24) is 9.88 Å². The van der Waals surface area contributed by atoms with E-state index in [1.165, 1.54) is 5.56 Å². The number of aromatic nitrogens is 1. The van der Waals surface area contributed by atoms with Crippen LogP contribution in [0.1, 0.15) is 28.9 Å². The Balaban J connectivity index is 1.45. The Morgan fingerprint density at radius 2 is 1.83 bits per heavy atom. The number of piperidine rings is 1. The van der Waals surface area contributed by atoms with Gasteiger partial charge < -0.3 is 9.88 Å². The molecule has 2 heterocycles. The van der Waals surface area contributed by atoms with Crippen molar-refractivity contribution in [2.75, 3.05) is 24.1 Å². The summed E-state index contributed by atoms with van der Waals surface area (Å²) in [6.07, 6.45) is 4.14. The van der Waals surface area contributed by atoms with E-state index in [0.29, 0.717) is 22.7 Å². The predicted molar refractivity (Wildman–Crippen MR) is 116 cm³/mol. The topological polar surface area (TPSA) is 82.3 Å². The maximum absolute atomic E-state index is 13.0. The lowest BCUT2D eigenvalue weighted by Crippen LogP contribution is -2.39. The molecule has 1 amide bonds. The number of carbonyl (C=O) groups excluding carboxylic acids is 1. The van der Waals surface area contributed by atoms with Crippen molar-refractivity contribution in [2.24, 2.45) is 5.92 Å². The van der Waals surface area contributed by atoms with Gasteiger partial charge in [-0.1, -0.05) is 36.4 Å². The van der Waals surface area contributed by atoms with Crippen molar-refractivity contribution in [2.45, 2.75) is 19.3 Å². The largest absolute Gasteiger partial charge is 0.350 e. The van der Waals surface area contributed by atoms with Crippen molar-refractivity contribution < 1.29 is 13.2 Å². The maximum atomic E-state index is 13.0. The summed E-state index contributed by atoms with van der Waals surface area (Å²) in [6, 6.07) is 17.5. The van der Waals surface area contributed by atoms with Crippen molar-refractivity contribution in [3.63, 3.8) is 0 Å². The Labute approximate surface area is 171 Å². The first-order valence-electron chi connectivity index (χ1n) is 9.82. The quantitative estimate of drug-likeness (QED) is 0.673. The summed E-state index contributed by atoms with van der Waals surface area (Å²) in [5.74, 6) is 0.555. The van der Waals surface area contributed by atoms with Crippen LogP contribution < -0.4 is 4.72 Å². The summed E-state index contributed by atoms with van der Waals surface area (Å²) in [6.45, 7) is 1.47. The monoisotopic (exact) mass is 411 g/mol. The number of rotatable bonds is 5. The Hall–Kier alpha value is -2.80. The molecule has 0 bridgehead atoms. The number of hydrogen-bond donors (Lipinski definition) is 2. The van der Waals surface area contributed by atoms with Crippen LogP contribution in [0.3, 0.4) is 0 Å². The molecule has 1 aliphatic rings. The van der Waals surface area contributed by atoms with E-state index < -0.39 is 10.0 Å². The molecule has 0 spiro atoms. The van der Waals surface area contributed by atoms with Crippen molar-refractivity contribution in [3.05, 3.63) is 65.9 Å². The zero-order valence-corrected chi connectivity index (χ0v) is 17.2. The third kappa shape index (κ3) is 4.62. The average molecular weight is 412 g/mol. The average Bonchev–Trinajstić information content (AvgIpc) is 3.13. The van der Waals surface area contributed by atoms with Gasteiger partial charge in [0.05, 0.1) is 11.9 Å². The number of aromatic amines is 1. The zero-order chi connectivity index (χ0) is 20.4. The number of hydrogen-bond acceptors (Lipinski definition) is 3. The molecule has 29 heavy (non-hydrogen) atoms. The van der Waals surface area contributed by atoms with E-state index in [9.17, 15) is 13.2 Å². The van der Waals surface area contributed by atoms with Crippen LogP contribution in [0.2, 0.25) is 0 Å². The Morgan fingerprint density at radius 1 is 1.10 bits per heavy atom. The van der Waals surface area contributed by atoms with E-state index >= 15 is 0 Å². The number of amides is 1. The molecule has 6 nitrogen and oxygen atoms in total. The molecule has 1 aliphatic heterocycles. The molecule has 7 heteroatoms. The van der Waals surface area contributed by atoms with Gasteiger partial charge in [0.2, 0.25) is 10.0 Å². The minimum absolute atomic E-state index is 0.0373. The molecule has 2 N–H and O–H groups in total. The molecule has 1 saturated heterocycles. The van der Waals surface area contributed by atoms with Crippen molar-refractivity contribution in [1.29, 1.82) is 0 Å². The first kappa shape index (κ1) is 19.5. The molecule has 0 unspecified atom stereocenters. The predicted octanol–water partition coefficient (Wildman–Crippen LogP) is 3.63. The van der Waals surface area contributed by atoms with Gasteiger partial charge in [0.1, 0.15) is 5.69 Å². The smallest absolute Gasteiger partial charge is 0.270 e. The van der Waals surface area contributed by atoms with E-state index in [2.05, 4.69) is 34.0 Å². The van der Waals surface area contributed by atoms with Crippen LogP contribution in [0, 0.1) is 5.92 Å². The van der Waals surface area contributed by atoms with Gasteiger partial charge >= 0.3 is 0 Å². The van der Waals surface area contributed by atoms with Gasteiger partial charge in [-0.05, 0) is 48.9 Å². The van der Waals surface area contributed by atoms with E-state index in [1.807, 2.05) is 17.0 Å². The van der Waals surface area contributed by atoms with Gasteiger partial charge in [0, 0.05) is 24.0 Å². The van der Waals surface area contributed by atoms with Crippen LogP contribution in [0.25, 0.3) is 10.9 Å². The molecule has 1 fully saturated rings.